The molecule has 0 radical (unpaired) electrons. The minimum atomic E-state index is -1.41. The normalized spacial score (nSPS) is 17.5. The van der Waals surface area contributed by atoms with Crippen molar-refractivity contribution in [1.29, 1.82) is 0 Å². The number of aromatic nitrogens is 2. The van der Waals surface area contributed by atoms with E-state index in [1.807, 2.05) is 49.4 Å². The average molecular weight is 550 g/mol. The van der Waals surface area contributed by atoms with E-state index >= 15 is 0 Å². The number of amides is 4. The molecule has 2 N–H and O–H groups in total. The second kappa shape index (κ2) is 8.87. The second-order valence-corrected chi connectivity index (χ2v) is 9.66. The highest BCUT2D eigenvalue weighted by Crippen LogP contribution is 2.30. The fraction of sp³-hybridized carbons (Fsp3) is 0.154. The minimum Gasteiger partial charge on any atom is -0.319 e. The predicted molar refractivity (Wildman–Crippen MR) is 136 cm³/mol. The predicted octanol–water partition coefficient (Wildman–Crippen LogP) is 4.64. The third-order valence-corrected chi connectivity index (χ3v) is 6.65. The summed E-state index contributed by atoms with van der Waals surface area (Å²) < 4.78 is 16.0. The molecular weight excluding hydrogens is 529 g/mol. The van der Waals surface area contributed by atoms with Gasteiger partial charge in [0, 0.05) is 10.2 Å². The summed E-state index contributed by atoms with van der Waals surface area (Å²) in [5.41, 5.74) is 2.30. The Kier molecular flexibility index (Phi) is 5.83. The zero-order valence-corrected chi connectivity index (χ0v) is 21.0. The molecule has 1 aromatic heterocycles. The molecule has 4 amide bonds. The number of rotatable bonds is 5. The van der Waals surface area contributed by atoms with E-state index in [1.165, 1.54) is 31.2 Å². The van der Waals surface area contributed by atoms with Crippen molar-refractivity contribution in [2.75, 3.05) is 11.9 Å². The number of benzene rings is 3. The van der Waals surface area contributed by atoms with Gasteiger partial charge in [0.15, 0.2) is 0 Å². The van der Waals surface area contributed by atoms with Crippen LogP contribution in [0, 0.1) is 12.7 Å². The Balaban J connectivity index is 1.42. The highest BCUT2D eigenvalue weighted by atomic mass is 79.9. The van der Waals surface area contributed by atoms with E-state index in [0.29, 0.717) is 11.1 Å². The Morgan fingerprint density at radius 2 is 1.78 bits per heavy atom. The molecule has 0 spiro atoms. The molecule has 1 atom stereocenters. The van der Waals surface area contributed by atoms with Gasteiger partial charge in [-0.15, -0.1) is 0 Å². The molecule has 0 bridgehead atoms. The van der Waals surface area contributed by atoms with Gasteiger partial charge in [0.25, 0.3) is 5.91 Å². The minimum absolute atomic E-state index is 0.255. The van der Waals surface area contributed by atoms with Crippen molar-refractivity contribution in [3.8, 4) is 5.69 Å². The van der Waals surface area contributed by atoms with Crippen LogP contribution in [0.4, 0.5) is 15.1 Å². The Morgan fingerprint density at radius 3 is 2.47 bits per heavy atom. The van der Waals surface area contributed by atoms with Gasteiger partial charge in [-0.1, -0.05) is 45.8 Å². The molecule has 4 aromatic rings. The first-order valence-corrected chi connectivity index (χ1v) is 11.9. The summed E-state index contributed by atoms with van der Waals surface area (Å²) in [5.74, 6) is -1.40. The number of hydrogen-bond donors (Lipinski definition) is 2. The lowest BCUT2D eigenvalue weighted by atomic mass is 9.92. The number of aryl methyl sites for hydroxylation is 1. The molecule has 8 nitrogen and oxygen atoms in total. The van der Waals surface area contributed by atoms with E-state index in [2.05, 4.69) is 31.5 Å². The molecule has 5 rings (SSSR count). The SMILES string of the molecule is Cc1ccc(-n2c(NC(=O)CN3C(=O)NC(C)(c4ccc(F)cc4)C3=O)nc3cc(Br)ccc32)cc1. The summed E-state index contributed by atoms with van der Waals surface area (Å²) in [5, 5.41) is 5.36. The number of anilines is 1. The van der Waals surface area contributed by atoms with Crippen LogP contribution >= 0.6 is 15.9 Å². The number of nitrogens with one attached hydrogen (secondary N) is 2. The number of carbonyl (C=O) groups is 3. The van der Waals surface area contributed by atoms with E-state index < -0.39 is 35.7 Å². The zero-order valence-electron chi connectivity index (χ0n) is 19.4. The maximum absolute atomic E-state index is 13.4. The Hall–Kier alpha value is -4.05. The Morgan fingerprint density at radius 1 is 1.08 bits per heavy atom. The molecular formula is C26H21BrFN5O3. The van der Waals surface area contributed by atoms with Crippen molar-refractivity contribution in [1.82, 2.24) is 19.8 Å². The van der Waals surface area contributed by atoms with E-state index in [-0.39, 0.29) is 5.95 Å². The standard InChI is InChI=1S/C26H21BrFN5O3/c1-15-3-10-19(11-4-15)33-21-12-7-17(27)13-20(21)29-24(33)30-22(34)14-32-23(35)26(2,31-25(32)36)16-5-8-18(28)9-6-16/h3-13H,14H2,1-2H3,(H,31,36)(H,29,30,34). The first-order chi connectivity index (χ1) is 17.2. The van der Waals surface area contributed by atoms with Crippen molar-refractivity contribution in [3.05, 3.63) is 88.1 Å². The van der Waals surface area contributed by atoms with Gasteiger partial charge in [-0.3, -0.25) is 24.4 Å². The van der Waals surface area contributed by atoms with Gasteiger partial charge in [0.05, 0.1) is 11.0 Å². The number of nitrogens with zero attached hydrogens (tertiary/aromatic N) is 3. The summed E-state index contributed by atoms with van der Waals surface area (Å²) in [6, 6.07) is 17.9. The molecule has 1 fully saturated rings. The summed E-state index contributed by atoms with van der Waals surface area (Å²) in [6.07, 6.45) is 0. The van der Waals surface area contributed by atoms with Gasteiger partial charge in [0.1, 0.15) is 17.9 Å². The third kappa shape index (κ3) is 4.13. The monoisotopic (exact) mass is 549 g/mol. The molecule has 1 saturated heterocycles. The van der Waals surface area contributed by atoms with Crippen LogP contribution in [0.2, 0.25) is 0 Å². The lowest BCUT2D eigenvalue weighted by Gasteiger charge is -2.22. The quantitative estimate of drug-likeness (QED) is 0.354. The number of carbonyl (C=O) groups excluding carboxylic acids is 3. The largest absolute Gasteiger partial charge is 0.325 e. The third-order valence-electron chi connectivity index (χ3n) is 6.16. The molecule has 10 heteroatoms. The fourth-order valence-corrected chi connectivity index (χ4v) is 4.57. The highest BCUT2D eigenvalue weighted by Gasteiger charge is 2.49. The van der Waals surface area contributed by atoms with Crippen LogP contribution in [0.15, 0.2) is 71.2 Å². The van der Waals surface area contributed by atoms with Crippen molar-refractivity contribution in [2.45, 2.75) is 19.4 Å². The summed E-state index contributed by atoms with van der Waals surface area (Å²) in [4.78, 5) is 44.2. The molecule has 36 heavy (non-hydrogen) atoms. The van der Waals surface area contributed by atoms with Crippen molar-refractivity contribution < 1.29 is 18.8 Å². The van der Waals surface area contributed by atoms with Crippen LogP contribution < -0.4 is 10.6 Å². The van der Waals surface area contributed by atoms with Crippen LogP contribution in [-0.4, -0.2) is 38.8 Å². The molecule has 0 aliphatic carbocycles. The number of hydrogen-bond acceptors (Lipinski definition) is 4. The molecule has 1 aliphatic heterocycles. The van der Waals surface area contributed by atoms with E-state index in [1.54, 1.807) is 4.57 Å². The average Bonchev–Trinajstić information content (AvgIpc) is 3.29. The number of imide groups is 1. The van der Waals surface area contributed by atoms with Crippen LogP contribution in [0.25, 0.3) is 16.7 Å². The number of halogens is 2. The maximum atomic E-state index is 13.4. The van der Waals surface area contributed by atoms with Crippen LogP contribution in [-0.2, 0) is 15.1 Å². The maximum Gasteiger partial charge on any atom is 0.325 e. The van der Waals surface area contributed by atoms with Gasteiger partial charge in [-0.2, -0.15) is 0 Å². The van der Waals surface area contributed by atoms with Gasteiger partial charge < -0.3 is 5.32 Å². The number of urea groups is 1. The van der Waals surface area contributed by atoms with Gasteiger partial charge >= 0.3 is 6.03 Å². The van der Waals surface area contributed by atoms with Crippen molar-refractivity contribution >= 4 is 50.8 Å². The first kappa shape index (κ1) is 23.7. The smallest absolute Gasteiger partial charge is 0.319 e. The number of fused-ring (bicyclic) bond motifs is 1. The van der Waals surface area contributed by atoms with Crippen LogP contribution in [0.1, 0.15) is 18.1 Å². The molecule has 0 saturated carbocycles. The highest BCUT2D eigenvalue weighted by molar-refractivity contribution is 9.10. The van der Waals surface area contributed by atoms with Crippen LogP contribution in [0.3, 0.4) is 0 Å². The summed E-state index contributed by atoms with van der Waals surface area (Å²) >= 11 is 3.44. The molecule has 1 unspecified atom stereocenters. The Bertz CT molecular complexity index is 1520. The summed E-state index contributed by atoms with van der Waals surface area (Å²) in [7, 11) is 0. The molecule has 1 aliphatic rings. The molecule has 2 heterocycles. The van der Waals surface area contributed by atoms with Crippen molar-refractivity contribution in [2.24, 2.45) is 0 Å². The van der Waals surface area contributed by atoms with E-state index in [4.69, 9.17) is 0 Å². The number of imidazole rings is 1. The fourth-order valence-electron chi connectivity index (χ4n) is 4.22. The van der Waals surface area contributed by atoms with Crippen LogP contribution in [0.5, 0.6) is 0 Å². The lowest BCUT2D eigenvalue weighted by Crippen LogP contribution is -2.42. The van der Waals surface area contributed by atoms with Gasteiger partial charge in [0.2, 0.25) is 11.9 Å². The summed E-state index contributed by atoms with van der Waals surface area (Å²) in [6.45, 7) is 2.99. The molecule has 3 aromatic carbocycles. The topological polar surface area (TPSA) is 96.3 Å². The first-order valence-electron chi connectivity index (χ1n) is 11.1. The van der Waals surface area contributed by atoms with Gasteiger partial charge in [-0.05, 0) is 61.9 Å². The zero-order chi connectivity index (χ0) is 25.6. The lowest BCUT2D eigenvalue weighted by molar-refractivity contribution is -0.133. The second-order valence-electron chi connectivity index (χ2n) is 8.74. The van der Waals surface area contributed by atoms with Gasteiger partial charge in [-0.25, -0.2) is 14.2 Å². The van der Waals surface area contributed by atoms with E-state index in [0.717, 1.165) is 26.1 Å². The van der Waals surface area contributed by atoms with Crippen molar-refractivity contribution in [3.63, 3.8) is 0 Å². The Labute approximate surface area is 214 Å². The van der Waals surface area contributed by atoms with E-state index in [9.17, 15) is 18.8 Å². The molecule has 182 valence electrons.